The van der Waals surface area contributed by atoms with Crippen LogP contribution >= 0.6 is 11.6 Å². The van der Waals surface area contributed by atoms with E-state index in [1.165, 1.54) is 25.3 Å². The number of non-ortho nitro benzene ring substituents is 1. The van der Waals surface area contributed by atoms with E-state index < -0.39 is 16.8 Å². The molecule has 1 aliphatic heterocycles. The second-order valence-corrected chi connectivity index (χ2v) is 8.34. The second kappa shape index (κ2) is 8.71. The topological polar surface area (TPSA) is 116 Å². The number of anilines is 1. The molecule has 2 aromatic carbocycles. The average molecular weight is 468 g/mol. The van der Waals surface area contributed by atoms with Crippen molar-refractivity contribution in [1.82, 2.24) is 0 Å². The fraction of sp³-hybridized carbons (Fsp3) is 0.250. The van der Waals surface area contributed by atoms with Gasteiger partial charge in [0.15, 0.2) is 5.78 Å². The fourth-order valence-electron chi connectivity index (χ4n) is 4.56. The van der Waals surface area contributed by atoms with Crippen molar-refractivity contribution in [3.05, 3.63) is 91.4 Å². The van der Waals surface area contributed by atoms with Gasteiger partial charge in [0, 0.05) is 34.8 Å². The summed E-state index contributed by atoms with van der Waals surface area (Å²) in [6.07, 6.45) is 1.48. The van der Waals surface area contributed by atoms with Crippen LogP contribution in [-0.4, -0.2) is 23.8 Å². The number of nitro groups is 1. The molecule has 4 rings (SSSR count). The molecule has 9 heteroatoms. The average Bonchev–Trinajstić information content (AvgIpc) is 2.80. The molecule has 0 unspecified atom stereocenters. The fourth-order valence-corrected chi connectivity index (χ4v) is 4.73. The van der Waals surface area contributed by atoms with Gasteiger partial charge in [-0.25, -0.2) is 4.79 Å². The summed E-state index contributed by atoms with van der Waals surface area (Å²) in [5.74, 6) is -1.61. The molecule has 2 N–H and O–H groups in total. The standard InChI is InChI=1S/C24H22ClN3O5/c1-13-16(25)8-4-9-17(13)27-18-10-5-11-19(29)21(18)20(22(23(27)26)24(30)33-2)14-6-3-7-15(12-14)28(31)32/h3-4,6-9,12,20H,5,10-11,26H2,1-2H3/t20-/m1/s1. The van der Waals surface area contributed by atoms with Gasteiger partial charge in [0.25, 0.3) is 5.69 Å². The molecule has 170 valence electrons. The first-order valence-electron chi connectivity index (χ1n) is 10.4. The Morgan fingerprint density at radius 3 is 2.67 bits per heavy atom. The number of benzene rings is 2. The third kappa shape index (κ3) is 3.76. The summed E-state index contributed by atoms with van der Waals surface area (Å²) in [7, 11) is 1.23. The summed E-state index contributed by atoms with van der Waals surface area (Å²) in [5.41, 5.74) is 9.41. The molecule has 8 nitrogen and oxygen atoms in total. The van der Waals surface area contributed by atoms with Gasteiger partial charge < -0.3 is 10.5 Å². The molecular formula is C24H22ClN3O5. The Hall–Kier alpha value is -3.65. The number of esters is 1. The number of carbonyl (C=O) groups excluding carboxylic acids is 2. The Kier molecular flexibility index (Phi) is 5.95. The minimum atomic E-state index is -0.879. The number of nitrogens with two attached hydrogens (primary N) is 1. The Labute approximate surface area is 195 Å². The van der Waals surface area contributed by atoms with E-state index in [0.29, 0.717) is 46.8 Å². The van der Waals surface area contributed by atoms with E-state index in [9.17, 15) is 19.7 Å². The van der Waals surface area contributed by atoms with Crippen molar-refractivity contribution >= 4 is 34.7 Å². The van der Waals surface area contributed by atoms with Crippen LogP contribution < -0.4 is 10.6 Å². The lowest BCUT2D eigenvalue weighted by atomic mass is 9.75. The quantitative estimate of drug-likeness (QED) is 0.399. The summed E-state index contributed by atoms with van der Waals surface area (Å²) >= 11 is 6.36. The number of Topliss-reactive ketones (excluding diaryl/α,β-unsaturated/α-hetero) is 1. The lowest BCUT2D eigenvalue weighted by Gasteiger charge is -2.41. The number of rotatable bonds is 4. The summed E-state index contributed by atoms with van der Waals surface area (Å²) in [6.45, 7) is 1.83. The summed E-state index contributed by atoms with van der Waals surface area (Å²) in [4.78, 5) is 38.9. The zero-order chi connectivity index (χ0) is 23.9. The lowest BCUT2D eigenvalue weighted by molar-refractivity contribution is -0.384. The van der Waals surface area contributed by atoms with Crippen LogP contribution in [0.25, 0.3) is 0 Å². The van der Waals surface area contributed by atoms with Crippen molar-refractivity contribution < 1.29 is 19.2 Å². The van der Waals surface area contributed by atoms with Gasteiger partial charge in [-0.2, -0.15) is 0 Å². The monoisotopic (exact) mass is 467 g/mol. The largest absolute Gasteiger partial charge is 0.466 e. The minimum absolute atomic E-state index is 0.0615. The van der Waals surface area contributed by atoms with Gasteiger partial charge in [-0.3, -0.25) is 19.8 Å². The first kappa shape index (κ1) is 22.5. The molecule has 0 radical (unpaired) electrons. The number of methoxy groups -OCH3 is 1. The van der Waals surface area contributed by atoms with Gasteiger partial charge in [0.2, 0.25) is 0 Å². The number of halogens is 1. The number of nitro benzene ring substituents is 1. The van der Waals surface area contributed by atoms with Gasteiger partial charge in [-0.05, 0) is 43.0 Å². The minimum Gasteiger partial charge on any atom is -0.466 e. The molecule has 2 aliphatic rings. The molecule has 0 amide bonds. The normalized spacial score (nSPS) is 18.3. The second-order valence-electron chi connectivity index (χ2n) is 7.93. The number of hydrogen-bond donors (Lipinski definition) is 1. The van der Waals surface area contributed by atoms with Crippen molar-refractivity contribution in [1.29, 1.82) is 0 Å². The van der Waals surface area contributed by atoms with Crippen LogP contribution in [0.5, 0.6) is 0 Å². The highest BCUT2D eigenvalue weighted by Crippen LogP contribution is 2.48. The highest BCUT2D eigenvalue weighted by atomic mass is 35.5. The molecule has 0 saturated carbocycles. The molecule has 0 saturated heterocycles. The Morgan fingerprint density at radius 2 is 1.97 bits per heavy atom. The molecule has 0 fully saturated rings. The van der Waals surface area contributed by atoms with Crippen molar-refractivity contribution in [2.45, 2.75) is 32.1 Å². The Bertz CT molecular complexity index is 1250. The van der Waals surface area contributed by atoms with Crippen molar-refractivity contribution in [2.75, 3.05) is 12.0 Å². The van der Waals surface area contributed by atoms with E-state index >= 15 is 0 Å². The first-order chi connectivity index (χ1) is 15.8. The molecule has 0 spiro atoms. The van der Waals surface area contributed by atoms with E-state index in [2.05, 4.69) is 0 Å². The molecule has 1 aliphatic carbocycles. The van der Waals surface area contributed by atoms with Crippen LogP contribution in [0.1, 0.15) is 36.3 Å². The van der Waals surface area contributed by atoms with Crippen LogP contribution in [-0.2, 0) is 14.3 Å². The van der Waals surface area contributed by atoms with E-state index in [4.69, 9.17) is 22.1 Å². The van der Waals surface area contributed by atoms with Crippen LogP contribution in [0.2, 0.25) is 5.02 Å². The molecule has 1 heterocycles. The summed E-state index contributed by atoms with van der Waals surface area (Å²) in [6, 6.07) is 11.2. The molecule has 1 atom stereocenters. The molecule has 0 aromatic heterocycles. The van der Waals surface area contributed by atoms with E-state index in [-0.39, 0.29) is 22.9 Å². The highest BCUT2D eigenvalue weighted by Gasteiger charge is 2.43. The summed E-state index contributed by atoms with van der Waals surface area (Å²) in [5, 5.41) is 11.9. The SMILES string of the molecule is COC(=O)C1=C(N)N(c2cccc(Cl)c2C)C2=C(C(=O)CCC2)[C@H]1c1cccc([N+](=O)[O-])c1. The van der Waals surface area contributed by atoms with Gasteiger partial charge in [-0.1, -0.05) is 29.8 Å². The van der Waals surface area contributed by atoms with E-state index in [1.54, 1.807) is 23.1 Å². The van der Waals surface area contributed by atoms with Gasteiger partial charge in [0.05, 0.1) is 29.2 Å². The Morgan fingerprint density at radius 1 is 1.24 bits per heavy atom. The van der Waals surface area contributed by atoms with E-state index in [0.717, 1.165) is 5.56 Å². The third-order valence-electron chi connectivity index (χ3n) is 6.09. The van der Waals surface area contributed by atoms with Crippen LogP contribution in [0.3, 0.4) is 0 Å². The number of hydrogen-bond acceptors (Lipinski definition) is 7. The van der Waals surface area contributed by atoms with Gasteiger partial charge in [0.1, 0.15) is 5.82 Å². The lowest BCUT2D eigenvalue weighted by Crippen LogP contribution is -2.41. The maximum atomic E-state index is 13.3. The molecule has 0 bridgehead atoms. The van der Waals surface area contributed by atoms with Gasteiger partial charge in [-0.15, -0.1) is 0 Å². The Balaban J connectivity index is 2.04. The number of ketones is 1. The summed E-state index contributed by atoms with van der Waals surface area (Å²) < 4.78 is 5.05. The molecule has 33 heavy (non-hydrogen) atoms. The highest BCUT2D eigenvalue weighted by molar-refractivity contribution is 6.31. The first-order valence-corrected chi connectivity index (χ1v) is 10.8. The number of allylic oxidation sites excluding steroid dienone is 2. The number of carbonyl (C=O) groups is 2. The van der Waals surface area contributed by atoms with Gasteiger partial charge >= 0.3 is 5.97 Å². The number of ether oxygens (including phenoxy) is 1. The maximum absolute atomic E-state index is 13.3. The molecule has 2 aromatic rings. The zero-order valence-corrected chi connectivity index (χ0v) is 18.9. The van der Waals surface area contributed by atoms with Crippen molar-refractivity contribution in [3.63, 3.8) is 0 Å². The van der Waals surface area contributed by atoms with Crippen molar-refractivity contribution in [3.8, 4) is 0 Å². The smallest absolute Gasteiger partial charge is 0.338 e. The number of nitrogens with zero attached hydrogens (tertiary/aromatic N) is 2. The predicted molar refractivity (Wildman–Crippen MR) is 124 cm³/mol. The maximum Gasteiger partial charge on any atom is 0.338 e. The van der Waals surface area contributed by atoms with Crippen LogP contribution in [0.4, 0.5) is 11.4 Å². The van der Waals surface area contributed by atoms with Crippen LogP contribution in [0.15, 0.2) is 65.1 Å². The molecular weight excluding hydrogens is 446 g/mol. The van der Waals surface area contributed by atoms with E-state index in [1.807, 2.05) is 13.0 Å². The third-order valence-corrected chi connectivity index (χ3v) is 6.50. The predicted octanol–water partition coefficient (Wildman–Crippen LogP) is 4.51. The van der Waals surface area contributed by atoms with Crippen LogP contribution in [0, 0.1) is 17.0 Å². The van der Waals surface area contributed by atoms with Crippen molar-refractivity contribution in [2.24, 2.45) is 5.73 Å². The zero-order valence-electron chi connectivity index (χ0n) is 18.1.